The molecule has 0 saturated carbocycles. The molecule has 0 radical (unpaired) electrons. The third-order valence-corrected chi connectivity index (χ3v) is 2.36. The highest BCUT2D eigenvalue weighted by molar-refractivity contribution is 5.32. The first kappa shape index (κ1) is 13.1. The quantitative estimate of drug-likeness (QED) is 0.550. The van der Waals surface area contributed by atoms with Gasteiger partial charge in [-0.15, -0.1) is 0 Å². The minimum absolute atomic E-state index is 0.626. The van der Waals surface area contributed by atoms with Crippen molar-refractivity contribution in [2.24, 2.45) is 0 Å². The molecule has 0 fully saturated rings. The van der Waals surface area contributed by atoms with Crippen LogP contribution in [-0.4, -0.2) is 14.2 Å². The van der Waals surface area contributed by atoms with Gasteiger partial charge in [0.05, 0.1) is 14.2 Å². The maximum Gasteiger partial charge on any atom is 0.118 e. The van der Waals surface area contributed by atoms with Crippen LogP contribution < -0.4 is 4.74 Å². The zero-order chi connectivity index (χ0) is 12.7. The molecule has 0 atom stereocenters. The van der Waals surface area contributed by atoms with Gasteiger partial charge in [0.2, 0.25) is 0 Å². The van der Waals surface area contributed by atoms with Gasteiger partial charge in [-0.3, -0.25) is 0 Å². The first-order chi connectivity index (χ1) is 8.15. The molecule has 17 heavy (non-hydrogen) atoms. The molecular formula is C15H18O2. The molecular weight excluding hydrogens is 212 g/mol. The van der Waals surface area contributed by atoms with Crippen molar-refractivity contribution in [1.29, 1.82) is 0 Å². The Labute approximate surface area is 103 Å². The minimum atomic E-state index is 0.626. The van der Waals surface area contributed by atoms with E-state index in [4.69, 9.17) is 9.47 Å². The summed E-state index contributed by atoms with van der Waals surface area (Å²) in [5, 5.41) is 0. The van der Waals surface area contributed by atoms with E-state index in [0.29, 0.717) is 5.76 Å². The van der Waals surface area contributed by atoms with E-state index in [0.717, 1.165) is 17.7 Å². The summed E-state index contributed by atoms with van der Waals surface area (Å²) >= 11 is 0. The van der Waals surface area contributed by atoms with Gasteiger partial charge in [0.1, 0.15) is 11.5 Å². The molecule has 1 aromatic carbocycles. The van der Waals surface area contributed by atoms with Crippen LogP contribution in [0.25, 0.3) is 0 Å². The standard InChI is InChI=1S/C15H18O2/c1-12(5-6-13(2)16-3)11-14-7-9-15(17-4)10-8-14/h5-10H,1-2,11H2,3-4H3/b6-5-. The number of hydrogen-bond acceptors (Lipinski definition) is 2. The highest BCUT2D eigenvalue weighted by Crippen LogP contribution is 2.14. The normalized spacial score (nSPS) is 10.2. The largest absolute Gasteiger partial charge is 0.497 e. The number of ether oxygens (including phenoxy) is 2. The predicted octanol–water partition coefficient (Wildman–Crippen LogP) is 3.51. The van der Waals surface area contributed by atoms with Crippen LogP contribution in [0.15, 0.2) is 60.9 Å². The van der Waals surface area contributed by atoms with Crippen molar-refractivity contribution in [1.82, 2.24) is 0 Å². The van der Waals surface area contributed by atoms with Gasteiger partial charge in [-0.25, -0.2) is 0 Å². The smallest absolute Gasteiger partial charge is 0.118 e. The van der Waals surface area contributed by atoms with Crippen LogP contribution in [0.1, 0.15) is 5.56 Å². The molecule has 0 aliphatic heterocycles. The molecule has 2 nitrogen and oxygen atoms in total. The van der Waals surface area contributed by atoms with Gasteiger partial charge < -0.3 is 9.47 Å². The van der Waals surface area contributed by atoms with Gasteiger partial charge >= 0.3 is 0 Å². The van der Waals surface area contributed by atoms with Crippen LogP contribution in [0, 0.1) is 0 Å². The topological polar surface area (TPSA) is 18.5 Å². The van der Waals surface area contributed by atoms with Gasteiger partial charge in [0.25, 0.3) is 0 Å². The van der Waals surface area contributed by atoms with Crippen molar-refractivity contribution < 1.29 is 9.47 Å². The van der Waals surface area contributed by atoms with E-state index in [-0.39, 0.29) is 0 Å². The molecule has 0 aliphatic carbocycles. The van der Waals surface area contributed by atoms with Crippen LogP contribution in [-0.2, 0) is 11.2 Å². The van der Waals surface area contributed by atoms with E-state index in [9.17, 15) is 0 Å². The molecule has 0 spiro atoms. The zero-order valence-electron chi connectivity index (χ0n) is 10.4. The highest BCUT2D eigenvalue weighted by Gasteiger charge is 1.96. The Morgan fingerprint density at radius 3 is 2.29 bits per heavy atom. The van der Waals surface area contributed by atoms with Crippen LogP contribution in [0.5, 0.6) is 5.75 Å². The number of benzene rings is 1. The molecule has 1 aromatic rings. The van der Waals surface area contributed by atoms with Gasteiger partial charge in [-0.1, -0.05) is 36.9 Å². The van der Waals surface area contributed by atoms with Crippen molar-refractivity contribution in [3.8, 4) is 5.75 Å². The maximum atomic E-state index is 5.10. The van der Waals surface area contributed by atoms with Gasteiger partial charge in [-0.2, -0.15) is 0 Å². The first-order valence-electron chi connectivity index (χ1n) is 5.37. The van der Waals surface area contributed by atoms with Crippen LogP contribution in [0.4, 0.5) is 0 Å². The molecule has 0 amide bonds. The van der Waals surface area contributed by atoms with E-state index in [2.05, 4.69) is 13.2 Å². The van der Waals surface area contributed by atoms with Crippen molar-refractivity contribution in [3.05, 3.63) is 66.5 Å². The lowest BCUT2D eigenvalue weighted by atomic mass is 10.1. The number of methoxy groups -OCH3 is 2. The fourth-order valence-corrected chi connectivity index (χ4v) is 1.34. The molecule has 0 unspecified atom stereocenters. The Hall–Kier alpha value is -1.96. The van der Waals surface area contributed by atoms with Crippen molar-refractivity contribution in [3.63, 3.8) is 0 Å². The molecule has 2 heteroatoms. The summed E-state index contributed by atoms with van der Waals surface area (Å²) in [6.07, 6.45) is 4.53. The summed E-state index contributed by atoms with van der Waals surface area (Å²) in [5.41, 5.74) is 2.21. The summed E-state index contributed by atoms with van der Waals surface area (Å²) < 4.78 is 10.0. The molecule has 0 aliphatic rings. The van der Waals surface area contributed by atoms with E-state index < -0.39 is 0 Å². The van der Waals surface area contributed by atoms with E-state index >= 15 is 0 Å². The lowest BCUT2D eigenvalue weighted by Crippen LogP contribution is -1.88. The summed E-state index contributed by atoms with van der Waals surface area (Å²) in [4.78, 5) is 0. The third-order valence-electron chi connectivity index (χ3n) is 2.36. The Morgan fingerprint density at radius 2 is 1.76 bits per heavy atom. The Morgan fingerprint density at radius 1 is 1.12 bits per heavy atom. The second-order valence-electron chi connectivity index (χ2n) is 3.69. The lowest BCUT2D eigenvalue weighted by molar-refractivity contribution is 0.309. The van der Waals surface area contributed by atoms with Crippen molar-refractivity contribution >= 4 is 0 Å². The summed E-state index contributed by atoms with van der Waals surface area (Å²) in [7, 11) is 3.26. The molecule has 1 rings (SSSR count). The number of allylic oxidation sites excluding steroid dienone is 3. The summed E-state index contributed by atoms with van der Waals surface area (Å²) in [6.45, 7) is 7.69. The molecule has 0 bridgehead atoms. The average molecular weight is 230 g/mol. The number of rotatable bonds is 6. The maximum absolute atomic E-state index is 5.10. The molecule has 0 saturated heterocycles. The average Bonchev–Trinajstić information content (AvgIpc) is 2.36. The van der Waals surface area contributed by atoms with Crippen molar-refractivity contribution in [2.45, 2.75) is 6.42 Å². The summed E-state index contributed by atoms with van der Waals surface area (Å²) in [5.74, 6) is 1.49. The monoisotopic (exact) mass is 230 g/mol. The highest BCUT2D eigenvalue weighted by atomic mass is 16.5. The third kappa shape index (κ3) is 4.60. The first-order valence-corrected chi connectivity index (χ1v) is 5.37. The molecule has 0 N–H and O–H groups in total. The van der Waals surface area contributed by atoms with Gasteiger partial charge in [0.15, 0.2) is 0 Å². The van der Waals surface area contributed by atoms with Crippen LogP contribution in [0.3, 0.4) is 0 Å². The fourth-order valence-electron chi connectivity index (χ4n) is 1.34. The molecule has 90 valence electrons. The Bertz CT molecular complexity index is 413. The second kappa shape index (κ2) is 6.59. The van der Waals surface area contributed by atoms with Crippen LogP contribution in [0.2, 0.25) is 0 Å². The second-order valence-corrected chi connectivity index (χ2v) is 3.69. The lowest BCUT2D eigenvalue weighted by Gasteiger charge is -2.03. The van der Waals surface area contributed by atoms with E-state index in [1.807, 2.05) is 36.4 Å². The van der Waals surface area contributed by atoms with Gasteiger partial charge in [0, 0.05) is 0 Å². The van der Waals surface area contributed by atoms with Crippen molar-refractivity contribution in [2.75, 3.05) is 14.2 Å². The fraction of sp³-hybridized carbons (Fsp3) is 0.200. The van der Waals surface area contributed by atoms with E-state index in [1.165, 1.54) is 5.56 Å². The Kier molecular flexibility index (Phi) is 5.08. The van der Waals surface area contributed by atoms with E-state index in [1.54, 1.807) is 14.2 Å². The number of hydrogen-bond donors (Lipinski definition) is 0. The molecule has 0 aromatic heterocycles. The minimum Gasteiger partial charge on any atom is -0.497 e. The zero-order valence-corrected chi connectivity index (χ0v) is 10.4. The molecule has 0 heterocycles. The summed E-state index contributed by atoms with van der Waals surface area (Å²) in [6, 6.07) is 7.95. The van der Waals surface area contributed by atoms with Gasteiger partial charge in [-0.05, 0) is 30.2 Å². The predicted molar refractivity (Wildman–Crippen MR) is 71.1 cm³/mol. The van der Waals surface area contributed by atoms with Crippen LogP contribution >= 0.6 is 0 Å². The Balaban J connectivity index is 2.56. The SMILES string of the molecule is C=C(/C=C\C(=C)OC)Cc1ccc(OC)cc1.